The second-order valence-electron chi connectivity index (χ2n) is 8.61. The summed E-state index contributed by atoms with van der Waals surface area (Å²) in [5, 5.41) is 3.32. The van der Waals surface area contributed by atoms with Gasteiger partial charge < -0.3 is 19.9 Å². The van der Waals surface area contributed by atoms with Crippen molar-refractivity contribution in [1.82, 2.24) is 14.9 Å². The van der Waals surface area contributed by atoms with Crippen LogP contribution in [-0.2, 0) is 14.3 Å². The van der Waals surface area contributed by atoms with Crippen LogP contribution in [0.3, 0.4) is 0 Å². The van der Waals surface area contributed by atoms with Gasteiger partial charge in [-0.1, -0.05) is 6.92 Å². The lowest BCUT2D eigenvalue weighted by atomic mass is 9.92. The van der Waals surface area contributed by atoms with E-state index in [1.54, 1.807) is 6.33 Å². The number of piperidine rings is 2. The van der Waals surface area contributed by atoms with Crippen LogP contribution >= 0.6 is 0 Å². The first-order chi connectivity index (χ1) is 15.1. The highest BCUT2D eigenvalue weighted by Gasteiger charge is 2.30. The first-order valence-corrected chi connectivity index (χ1v) is 11.9. The topological polar surface area (TPSA) is 87.7 Å². The average molecular weight is 432 g/mol. The number of esters is 1. The van der Waals surface area contributed by atoms with Gasteiger partial charge in [-0.3, -0.25) is 9.59 Å². The molecule has 0 radical (unpaired) electrons. The van der Waals surface area contributed by atoms with E-state index in [4.69, 9.17) is 4.74 Å². The first kappa shape index (κ1) is 23.3. The van der Waals surface area contributed by atoms with Gasteiger partial charge in [-0.05, 0) is 51.4 Å². The highest BCUT2D eigenvalue weighted by molar-refractivity contribution is 5.78. The Morgan fingerprint density at radius 3 is 2.81 bits per heavy atom. The average Bonchev–Trinajstić information content (AvgIpc) is 2.82. The molecular weight excluding hydrogens is 394 g/mol. The van der Waals surface area contributed by atoms with Crippen LogP contribution in [0.25, 0.3) is 0 Å². The SMILES string of the molecule is CCCNc1cc(N2CCC[C@H](CCC(=O)N3CCC[C@@H](C(=O)OCC)C3)C2)ncn1. The van der Waals surface area contributed by atoms with Gasteiger partial charge in [0.15, 0.2) is 0 Å². The van der Waals surface area contributed by atoms with Gasteiger partial charge in [0.25, 0.3) is 0 Å². The van der Waals surface area contributed by atoms with Gasteiger partial charge in [-0.15, -0.1) is 0 Å². The Morgan fingerprint density at radius 2 is 2.00 bits per heavy atom. The monoisotopic (exact) mass is 431 g/mol. The Hall–Kier alpha value is -2.38. The normalized spacial score (nSPS) is 21.6. The first-order valence-electron chi connectivity index (χ1n) is 11.9. The third-order valence-electron chi connectivity index (χ3n) is 6.21. The second-order valence-corrected chi connectivity index (χ2v) is 8.61. The summed E-state index contributed by atoms with van der Waals surface area (Å²) in [7, 11) is 0. The number of ether oxygens (including phenoxy) is 1. The Bertz CT molecular complexity index is 729. The molecule has 1 aromatic rings. The van der Waals surface area contributed by atoms with E-state index in [9.17, 15) is 9.59 Å². The smallest absolute Gasteiger partial charge is 0.310 e. The van der Waals surface area contributed by atoms with E-state index in [1.807, 2.05) is 17.9 Å². The van der Waals surface area contributed by atoms with Crippen LogP contribution in [0.1, 0.15) is 58.8 Å². The summed E-state index contributed by atoms with van der Waals surface area (Å²) < 4.78 is 5.15. The summed E-state index contributed by atoms with van der Waals surface area (Å²) in [6, 6.07) is 2.02. The predicted octanol–water partition coefficient (Wildman–Crippen LogP) is 3.10. The van der Waals surface area contributed by atoms with E-state index in [0.29, 0.717) is 25.5 Å². The minimum atomic E-state index is -0.170. The molecule has 3 rings (SSSR count). The number of amides is 1. The van der Waals surface area contributed by atoms with Crippen molar-refractivity contribution in [3.63, 3.8) is 0 Å². The molecule has 31 heavy (non-hydrogen) atoms. The van der Waals surface area contributed by atoms with Crippen molar-refractivity contribution in [2.24, 2.45) is 11.8 Å². The Labute approximate surface area is 185 Å². The van der Waals surface area contributed by atoms with Crippen LogP contribution in [0.5, 0.6) is 0 Å². The number of rotatable bonds is 9. The molecule has 0 bridgehead atoms. The summed E-state index contributed by atoms with van der Waals surface area (Å²) >= 11 is 0. The van der Waals surface area contributed by atoms with E-state index >= 15 is 0 Å². The van der Waals surface area contributed by atoms with Crippen molar-refractivity contribution < 1.29 is 14.3 Å². The third kappa shape index (κ3) is 6.80. The molecule has 3 heterocycles. The van der Waals surface area contributed by atoms with Crippen LogP contribution in [0.2, 0.25) is 0 Å². The lowest BCUT2D eigenvalue weighted by molar-refractivity contribution is -0.151. The van der Waals surface area contributed by atoms with Crippen molar-refractivity contribution in [2.45, 2.75) is 58.8 Å². The Kier molecular flexibility index (Phi) is 8.91. The molecule has 0 saturated carbocycles. The molecular formula is C23H37N5O3. The largest absolute Gasteiger partial charge is 0.466 e. The number of carbonyl (C=O) groups excluding carboxylic acids is 2. The molecule has 8 nitrogen and oxygen atoms in total. The summed E-state index contributed by atoms with van der Waals surface area (Å²) in [6.45, 7) is 8.40. The molecule has 2 fully saturated rings. The van der Waals surface area contributed by atoms with Crippen molar-refractivity contribution in [3.05, 3.63) is 12.4 Å². The minimum absolute atomic E-state index is 0.166. The summed E-state index contributed by atoms with van der Waals surface area (Å²) in [5.41, 5.74) is 0. The number of hydrogen-bond donors (Lipinski definition) is 1. The molecule has 2 saturated heterocycles. The molecule has 2 atom stereocenters. The van der Waals surface area contributed by atoms with Crippen LogP contribution in [0.4, 0.5) is 11.6 Å². The zero-order valence-electron chi connectivity index (χ0n) is 19.0. The van der Waals surface area contributed by atoms with Crippen molar-refractivity contribution in [3.8, 4) is 0 Å². The molecule has 2 aliphatic rings. The van der Waals surface area contributed by atoms with Crippen LogP contribution in [0, 0.1) is 11.8 Å². The van der Waals surface area contributed by atoms with Crippen LogP contribution in [-0.4, -0.2) is 66.1 Å². The number of anilines is 2. The van der Waals surface area contributed by atoms with Crippen molar-refractivity contribution in [2.75, 3.05) is 49.5 Å². The molecule has 8 heteroatoms. The second kappa shape index (κ2) is 11.9. The van der Waals surface area contributed by atoms with E-state index in [0.717, 1.165) is 76.3 Å². The molecule has 0 spiro atoms. The standard InChI is InChI=1S/C23H37N5O3/c1-3-11-24-20-14-21(26-17-25-20)27-12-5-7-18(15-27)9-10-22(29)28-13-6-8-19(16-28)23(30)31-4-2/h14,17-19H,3-13,15-16H2,1-2H3,(H,24,25,26)/t18-,19-/m1/s1. The maximum atomic E-state index is 12.8. The lowest BCUT2D eigenvalue weighted by Crippen LogP contribution is -2.43. The predicted molar refractivity (Wildman–Crippen MR) is 121 cm³/mol. The number of aromatic nitrogens is 2. The molecule has 2 aliphatic heterocycles. The third-order valence-corrected chi connectivity index (χ3v) is 6.21. The zero-order valence-corrected chi connectivity index (χ0v) is 19.0. The zero-order chi connectivity index (χ0) is 22.1. The fourth-order valence-electron chi connectivity index (χ4n) is 4.52. The molecule has 1 amide bonds. The Balaban J connectivity index is 1.48. The van der Waals surface area contributed by atoms with Crippen LogP contribution in [0.15, 0.2) is 12.4 Å². The summed E-state index contributed by atoms with van der Waals surface area (Å²) in [5.74, 6) is 2.13. The van der Waals surface area contributed by atoms with Gasteiger partial charge in [-0.2, -0.15) is 0 Å². The van der Waals surface area contributed by atoms with E-state index in [-0.39, 0.29) is 17.8 Å². The van der Waals surface area contributed by atoms with Gasteiger partial charge in [0.05, 0.1) is 12.5 Å². The number of hydrogen-bond acceptors (Lipinski definition) is 7. The molecule has 0 unspecified atom stereocenters. The van der Waals surface area contributed by atoms with E-state index < -0.39 is 0 Å². The van der Waals surface area contributed by atoms with Crippen LogP contribution < -0.4 is 10.2 Å². The van der Waals surface area contributed by atoms with Gasteiger partial charge in [0.2, 0.25) is 5.91 Å². The fraction of sp³-hybridized carbons (Fsp3) is 0.739. The van der Waals surface area contributed by atoms with Gasteiger partial charge >= 0.3 is 5.97 Å². The quantitative estimate of drug-likeness (QED) is 0.601. The van der Waals surface area contributed by atoms with E-state index in [1.165, 1.54) is 0 Å². The molecule has 0 aromatic carbocycles. The number of nitrogens with zero attached hydrogens (tertiary/aromatic N) is 4. The minimum Gasteiger partial charge on any atom is -0.466 e. The van der Waals surface area contributed by atoms with E-state index in [2.05, 4.69) is 27.1 Å². The summed E-state index contributed by atoms with van der Waals surface area (Å²) in [4.78, 5) is 37.8. The maximum absolute atomic E-state index is 12.8. The highest BCUT2D eigenvalue weighted by atomic mass is 16.5. The van der Waals surface area contributed by atoms with Gasteiger partial charge in [0, 0.05) is 45.2 Å². The van der Waals surface area contributed by atoms with Gasteiger partial charge in [-0.25, -0.2) is 9.97 Å². The van der Waals surface area contributed by atoms with Gasteiger partial charge in [0.1, 0.15) is 18.0 Å². The number of likely N-dealkylation sites (tertiary alicyclic amines) is 1. The Morgan fingerprint density at radius 1 is 1.16 bits per heavy atom. The van der Waals surface area contributed by atoms with Crippen molar-refractivity contribution >= 4 is 23.5 Å². The fourth-order valence-corrected chi connectivity index (χ4v) is 4.52. The van der Waals surface area contributed by atoms with Crippen molar-refractivity contribution in [1.29, 1.82) is 0 Å². The number of carbonyl (C=O) groups is 2. The number of nitrogens with one attached hydrogen (secondary N) is 1. The lowest BCUT2D eigenvalue weighted by Gasteiger charge is -2.35. The molecule has 0 aliphatic carbocycles. The molecule has 172 valence electrons. The molecule has 1 N–H and O–H groups in total. The highest BCUT2D eigenvalue weighted by Crippen LogP contribution is 2.26. The maximum Gasteiger partial charge on any atom is 0.310 e. The summed E-state index contributed by atoms with van der Waals surface area (Å²) in [6.07, 6.45) is 8.02. The molecule has 1 aromatic heterocycles.